The lowest BCUT2D eigenvalue weighted by Gasteiger charge is -2.07. The maximum Gasteiger partial charge on any atom is 0.271 e. The number of aromatic amines is 1. The van der Waals surface area contributed by atoms with Crippen LogP contribution in [0.5, 0.6) is 0 Å². The number of carbonyl (C=O) groups excluding carboxylic acids is 1. The number of hydrogen-bond acceptors (Lipinski definition) is 4. The normalized spacial score (nSPS) is 10.7. The monoisotopic (exact) mass is 317 g/mol. The first kappa shape index (κ1) is 16.3. The number of nitrogens with zero attached hydrogens (tertiary/aromatic N) is 1. The Labute approximate surface area is 133 Å². The number of aromatic nitrogens is 2. The number of hydrogen-bond donors (Lipinski definition) is 2. The molecule has 1 amide bonds. The van der Waals surface area contributed by atoms with Gasteiger partial charge in [0.25, 0.3) is 11.5 Å². The van der Waals surface area contributed by atoms with Crippen LogP contribution < -0.4 is 10.9 Å². The molecule has 0 aliphatic rings. The highest BCUT2D eigenvalue weighted by atomic mass is 32.2. The van der Waals surface area contributed by atoms with E-state index in [2.05, 4.69) is 53.6 Å². The van der Waals surface area contributed by atoms with Crippen molar-refractivity contribution in [1.29, 1.82) is 0 Å². The number of thioether (sulfide) groups is 1. The molecule has 0 saturated heterocycles. The van der Waals surface area contributed by atoms with Crippen molar-refractivity contribution in [3.63, 3.8) is 0 Å². The molecule has 0 aliphatic heterocycles. The summed E-state index contributed by atoms with van der Waals surface area (Å²) in [6.45, 7) is 4.86. The second kappa shape index (κ2) is 7.79. The first-order valence-electron chi connectivity index (χ1n) is 7.14. The number of nitrogens with one attached hydrogen (secondary N) is 2. The van der Waals surface area contributed by atoms with Crippen molar-refractivity contribution in [2.45, 2.75) is 30.4 Å². The van der Waals surface area contributed by atoms with Gasteiger partial charge in [-0.25, -0.2) is 5.10 Å². The summed E-state index contributed by atoms with van der Waals surface area (Å²) in [7, 11) is 0. The van der Waals surface area contributed by atoms with Crippen molar-refractivity contribution in [1.82, 2.24) is 15.5 Å². The molecular weight excluding hydrogens is 298 g/mol. The van der Waals surface area contributed by atoms with Crippen LogP contribution in [0, 0.1) is 0 Å². The minimum Gasteiger partial charge on any atom is -0.350 e. The fourth-order valence-corrected chi connectivity index (χ4v) is 2.73. The molecular formula is C16H19N3O2S. The molecule has 0 fully saturated rings. The van der Waals surface area contributed by atoms with Gasteiger partial charge < -0.3 is 5.32 Å². The fraction of sp³-hybridized carbons (Fsp3) is 0.312. The van der Waals surface area contributed by atoms with Crippen molar-refractivity contribution in [3.05, 3.63) is 58.0 Å². The largest absolute Gasteiger partial charge is 0.350 e. The highest BCUT2D eigenvalue weighted by Crippen LogP contribution is 2.22. The van der Waals surface area contributed by atoms with Crippen molar-refractivity contribution >= 4 is 17.7 Å². The van der Waals surface area contributed by atoms with Crippen LogP contribution in [0.2, 0.25) is 0 Å². The summed E-state index contributed by atoms with van der Waals surface area (Å²) in [5.41, 5.74) is 1.06. The van der Waals surface area contributed by atoms with Crippen molar-refractivity contribution in [2.24, 2.45) is 0 Å². The molecule has 0 radical (unpaired) electrons. The van der Waals surface area contributed by atoms with Crippen LogP contribution >= 0.6 is 11.8 Å². The van der Waals surface area contributed by atoms with Gasteiger partial charge >= 0.3 is 0 Å². The van der Waals surface area contributed by atoms with Gasteiger partial charge in [-0.2, -0.15) is 5.10 Å². The molecule has 1 heterocycles. The van der Waals surface area contributed by atoms with Gasteiger partial charge in [-0.3, -0.25) is 9.59 Å². The highest BCUT2D eigenvalue weighted by molar-refractivity contribution is 7.99. The first-order valence-corrected chi connectivity index (χ1v) is 8.02. The summed E-state index contributed by atoms with van der Waals surface area (Å²) in [6, 6.07) is 11.1. The maximum atomic E-state index is 11.8. The van der Waals surface area contributed by atoms with E-state index in [1.165, 1.54) is 22.6 Å². The van der Waals surface area contributed by atoms with Crippen LogP contribution in [0.25, 0.3) is 0 Å². The van der Waals surface area contributed by atoms with Crippen molar-refractivity contribution < 1.29 is 4.79 Å². The molecule has 0 bridgehead atoms. The van der Waals surface area contributed by atoms with E-state index in [1.54, 1.807) is 0 Å². The minimum atomic E-state index is -0.323. The van der Waals surface area contributed by atoms with Crippen LogP contribution in [0.15, 0.2) is 46.1 Å². The summed E-state index contributed by atoms with van der Waals surface area (Å²) in [4.78, 5) is 24.0. The van der Waals surface area contributed by atoms with E-state index in [1.807, 2.05) is 11.8 Å². The van der Waals surface area contributed by atoms with Crippen molar-refractivity contribution in [3.8, 4) is 0 Å². The van der Waals surface area contributed by atoms with Gasteiger partial charge in [0.1, 0.15) is 5.69 Å². The van der Waals surface area contributed by atoms with E-state index >= 15 is 0 Å². The SMILES string of the molecule is CC(C)Sc1ccc(CCNC(=O)c2ccc(=O)[nH]n2)cc1. The zero-order chi connectivity index (χ0) is 15.9. The summed E-state index contributed by atoms with van der Waals surface area (Å²) in [5.74, 6) is -0.289. The quantitative estimate of drug-likeness (QED) is 0.801. The summed E-state index contributed by atoms with van der Waals surface area (Å²) >= 11 is 1.83. The molecule has 0 spiro atoms. The molecule has 1 aromatic carbocycles. The van der Waals surface area contributed by atoms with Gasteiger partial charge in [-0.1, -0.05) is 26.0 Å². The fourth-order valence-electron chi connectivity index (χ4n) is 1.89. The first-order chi connectivity index (χ1) is 10.5. The lowest BCUT2D eigenvalue weighted by molar-refractivity contribution is 0.0948. The molecule has 1 aromatic heterocycles. The van der Waals surface area contributed by atoms with Crippen LogP contribution in [-0.2, 0) is 6.42 Å². The Balaban J connectivity index is 1.82. The van der Waals surface area contributed by atoms with Crippen LogP contribution in [0.4, 0.5) is 0 Å². The van der Waals surface area contributed by atoms with Crippen LogP contribution in [-0.4, -0.2) is 27.9 Å². The maximum absolute atomic E-state index is 11.8. The van der Waals surface area contributed by atoms with E-state index in [0.717, 1.165) is 6.42 Å². The zero-order valence-corrected chi connectivity index (χ0v) is 13.4. The van der Waals surface area contributed by atoms with E-state index in [9.17, 15) is 9.59 Å². The van der Waals surface area contributed by atoms with E-state index in [4.69, 9.17) is 0 Å². The average Bonchev–Trinajstić information content (AvgIpc) is 2.49. The van der Waals surface area contributed by atoms with Gasteiger partial charge in [0.15, 0.2) is 0 Å². The number of amides is 1. The standard InChI is InChI=1S/C16H19N3O2S/c1-11(2)22-13-5-3-12(4-6-13)9-10-17-16(21)14-7-8-15(20)19-18-14/h3-8,11H,9-10H2,1-2H3,(H,17,21)(H,19,20). The average molecular weight is 317 g/mol. The lowest BCUT2D eigenvalue weighted by atomic mass is 10.1. The smallest absolute Gasteiger partial charge is 0.271 e. The number of carbonyl (C=O) groups is 1. The number of benzene rings is 1. The van der Waals surface area contributed by atoms with Gasteiger partial charge in [-0.05, 0) is 30.2 Å². The topological polar surface area (TPSA) is 74.8 Å². The predicted octanol–water partition coefficient (Wildman–Crippen LogP) is 2.24. The summed E-state index contributed by atoms with van der Waals surface area (Å²) in [6.07, 6.45) is 0.752. The summed E-state index contributed by atoms with van der Waals surface area (Å²) < 4.78 is 0. The molecule has 116 valence electrons. The zero-order valence-electron chi connectivity index (χ0n) is 12.6. The van der Waals surface area contributed by atoms with Crippen LogP contribution in [0.3, 0.4) is 0 Å². The third-order valence-corrected chi connectivity index (χ3v) is 3.92. The Morgan fingerprint density at radius 3 is 2.55 bits per heavy atom. The van der Waals surface area contributed by atoms with Gasteiger partial charge in [0.2, 0.25) is 0 Å². The molecule has 0 saturated carbocycles. The molecule has 2 aromatic rings. The molecule has 22 heavy (non-hydrogen) atoms. The Morgan fingerprint density at radius 1 is 1.23 bits per heavy atom. The summed E-state index contributed by atoms with van der Waals surface area (Å²) in [5, 5.41) is 9.28. The molecule has 6 heteroatoms. The lowest BCUT2D eigenvalue weighted by Crippen LogP contribution is -2.27. The molecule has 0 unspecified atom stereocenters. The molecule has 2 rings (SSSR count). The van der Waals surface area contributed by atoms with Gasteiger partial charge in [0, 0.05) is 22.8 Å². The molecule has 0 atom stereocenters. The van der Waals surface area contributed by atoms with Gasteiger partial charge in [-0.15, -0.1) is 11.8 Å². The Bertz CT molecular complexity index is 660. The molecule has 0 aliphatic carbocycles. The minimum absolute atomic E-state index is 0.211. The molecule has 5 nitrogen and oxygen atoms in total. The Kier molecular flexibility index (Phi) is 5.77. The van der Waals surface area contributed by atoms with Crippen molar-refractivity contribution in [2.75, 3.05) is 6.54 Å². The van der Waals surface area contributed by atoms with E-state index in [0.29, 0.717) is 11.8 Å². The number of rotatable bonds is 6. The second-order valence-corrected chi connectivity index (χ2v) is 6.77. The third kappa shape index (κ3) is 5.04. The molecule has 2 N–H and O–H groups in total. The predicted molar refractivity (Wildman–Crippen MR) is 88.3 cm³/mol. The van der Waals surface area contributed by atoms with Gasteiger partial charge in [0.05, 0.1) is 0 Å². The Morgan fingerprint density at radius 2 is 1.95 bits per heavy atom. The van der Waals surface area contributed by atoms with Crippen LogP contribution in [0.1, 0.15) is 29.9 Å². The third-order valence-electron chi connectivity index (χ3n) is 2.91. The highest BCUT2D eigenvalue weighted by Gasteiger charge is 2.06. The number of H-pyrrole nitrogens is 1. The van der Waals surface area contributed by atoms with E-state index < -0.39 is 0 Å². The van der Waals surface area contributed by atoms with E-state index in [-0.39, 0.29) is 17.2 Å². The second-order valence-electron chi connectivity index (χ2n) is 5.12. The Hall–Kier alpha value is -2.08.